The van der Waals surface area contributed by atoms with Crippen molar-refractivity contribution < 1.29 is 4.79 Å². The van der Waals surface area contributed by atoms with Crippen LogP contribution in [0.15, 0.2) is 11.6 Å². The second-order valence-electron chi connectivity index (χ2n) is 4.37. The first kappa shape index (κ1) is 8.03. The molecule has 3 atom stereocenters. The Morgan fingerprint density at radius 1 is 1.50 bits per heavy atom. The van der Waals surface area contributed by atoms with Crippen molar-refractivity contribution in [1.29, 1.82) is 0 Å². The van der Waals surface area contributed by atoms with E-state index in [1.54, 1.807) is 0 Å². The van der Waals surface area contributed by atoms with Crippen LogP contribution in [0.3, 0.4) is 0 Å². The molecule has 2 fully saturated rings. The minimum atomic E-state index is 0.425. The molecule has 0 amide bonds. The highest BCUT2D eigenvalue weighted by atomic mass is 16.1. The maximum Gasteiger partial charge on any atom is 0.136 e. The van der Waals surface area contributed by atoms with E-state index in [9.17, 15) is 4.79 Å². The summed E-state index contributed by atoms with van der Waals surface area (Å²) >= 11 is 0. The number of carbonyl (C=O) groups excluding carboxylic acids is 1. The number of hydrogen-bond donors (Lipinski definition) is 0. The summed E-state index contributed by atoms with van der Waals surface area (Å²) in [5.41, 5.74) is 1.36. The zero-order chi connectivity index (χ0) is 8.72. The van der Waals surface area contributed by atoms with Crippen molar-refractivity contribution in [2.45, 2.75) is 33.1 Å². The normalized spacial score (nSPS) is 38.8. The summed E-state index contributed by atoms with van der Waals surface area (Å²) in [4.78, 5) is 11.4. The van der Waals surface area contributed by atoms with Crippen LogP contribution in [0.5, 0.6) is 0 Å². The van der Waals surface area contributed by atoms with E-state index in [0.29, 0.717) is 17.6 Å². The van der Waals surface area contributed by atoms with E-state index in [1.807, 2.05) is 0 Å². The monoisotopic (exact) mass is 164 g/mol. The predicted molar refractivity (Wildman–Crippen MR) is 48.8 cm³/mol. The first-order valence-electron chi connectivity index (χ1n) is 4.88. The number of ketones is 1. The Bertz CT molecular complexity index is 235. The summed E-state index contributed by atoms with van der Waals surface area (Å²) in [6, 6.07) is 0. The van der Waals surface area contributed by atoms with Crippen LogP contribution < -0.4 is 0 Å². The zero-order valence-electron chi connectivity index (χ0n) is 7.84. The summed E-state index contributed by atoms with van der Waals surface area (Å²) in [5, 5.41) is 0. The van der Waals surface area contributed by atoms with Gasteiger partial charge < -0.3 is 0 Å². The van der Waals surface area contributed by atoms with Gasteiger partial charge in [0.1, 0.15) is 5.78 Å². The lowest BCUT2D eigenvalue weighted by molar-refractivity contribution is -0.121. The first-order chi connectivity index (χ1) is 5.70. The molecule has 1 heteroatoms. The van der Waals surface area contributed by atoms with E-state index < -0.39 is 0 Å². The van der Waals surface area contributed by atoms with Gasteiger partial charge in [0.05, 0.1) is 0 Å². The highest BCUT2D eigenvalue weighted by Crippen LogP contribution is 2.54. The summed E-state index contributed by atoms with van der Waals surface area (Å²) in [7, 11) is 0. The van der Waals surface area contributed by atoms with Crippen LogP contribution in [0.2, 0.25) is 0 Å². The van der Waals surface area contributed by atoms with Gasteiger partial charge in [-0.15, -0.1) is 0 Å². The van der Waals surface area contributed by atoms with Gasteiger partial charge in [-0.3, -0.25) is 4.79 Å². The summed E-state index contributed by atoms with van der Waals surface area (Å²) in [6.07, 6.45) is 5.55. The van der Waals surface area contributed by atoms with Crippen molar-refractivity contribution in [2.75, 3.05) is 0 Å². The third kappa shape index (κ3) is 1.21. The molecule has 2 aliphatic rings. The average molecular weight is 164 g/mol. The van der Waals surface area contributed by atoms with Crippen LogP contribution in [0.1, 0.15) is 33.1 Å². The van der Waals surface area contributed by atoms with Gasteiger partial charge in [-0.25, -0.2) is 0 Å². The molecule has 0 aromatic heterocycles. The lowest BCUT2D eigenvalue weighted by Crippen LogP contribution is -2.07. The van der Waals surface area contributed by atoms with Crippen molar-refractivity contribution in [3.63, 3.8) is 0 Å². The standard InChI is InChI=1S/C11H16O/c1-7(2)6-9-8-4-3-5-10(12)11(8)9/h6,8-9,11H,3-5H2,1-2H3/t8-,9-,11-/m0/s1. The van der Waals surface area contributed by atoms with Crippen LogP contribution >= 0.6 is 0 Å². The van der Waals surface area contributed by atoms with Crippen LogP contribution in [0.4, 0.5) is 0 Å². The molecule has 0 spiro atoms. The molecule has 0 saturated heterocycles. The van der Waals surface area contributed by atoms with Gasteiger partial charge in [0, 0.05) is 12.3 Å². The van der Waals surface area contributed by atoms with E-state index in [1.165, 1.54) is 12.0 Å². The number of allylic oxidation sites excluding steroid dienone is 2. The molecule has 0 aliphatic heterocycles. The Labute approximate surface area is 73.8 Å². The Morgan fingerprint density at radius 2 is 2.25 bits per heavy atom. The van der Waals surface area contributed by atoms with Gasteiger partial charge in [0.2, 0.25) is 0 Å². The number of carbonyl (C=O) groups is 1. The Hall–Kier alpha value is -0.590. The maximum absolute atomic E-state index is 11.4. The molecule has 2 aliphatic carbocycles. The number of rotatable bonds is 1. The lowest BCUT2D eigenvalue weighted by atomic mass is 10.00. The third-order valence-electron chi connectivity index (χ3n) is 3.09. The number of hydrogen-bond acceptors (Lipinski definition) is 1. The van der Waals surface area contributed by atoms with Gasteiger partial charge in [-0.05, 0) is 38.5 Å². The molecule has 0 heterocycles. The second-order valence-corrected chi connectivity index (χ2v) is 4.37. The minimum absolute atomic E-state index is 0.425. The second kappa shape index (κ2) is 2.72. The van der Waals surface area contributed by atoms with Crippen LogP contribution in [0.25, 0.3) is 0 Å². The Balaban J connectivity index is 2.06. The highest BCUT2D eigenvalue weighted by Gasteiger charge is 2.53. The van der Waals surface area contributed by atoms with Gasteiger partial charge in [-0.2, -0.15) is 0 Å². The molecule has 0 aromatic carbocycles. The largest absolute Gasteiger partial charge is 0.299 e. The molecule has 2 rings (SSSR count). The number of fused-ring (bicyclic) bond motifs is 1. The van der Waals surface area contributed by atoms with Crippen LogP contribution in [0, 0.1) is 17.8 Å². The molecular formula is C11H16O. The SMILES string of the molecule is CC(C)=C[C@H]1[C@@H]2CCCC(=O)[C@H]12. The van der Waals surface area contributed by atoms with Crippen molar-refractivity contribution >= 4 is 5.78 Å². The first-order valence-corrected chi connectivity index (χ1v) is 4.88. The topological polar surface area (TPSA) is 17.1 Å². The fourth-order valence-electron chi connectivity index (χ4n) is 2.52. The van der Waals surface area contributed by atoms with Crippen molar-refractivity contribution in [3.05, 3.63) is 11.6 Å². The van der Waals surface area contributed by atoms with E-state index in [-0.39, 0.29) is 0 Å². The molecule has 0 aromatic rings. The average Bonchev–Trinajstić information content (AvgIpc) is 2.64. The third-order valence-corrected chi connectivity index (χ3v) is 3.09. The Kier molecular flexibility index (Phi) is 1.82. The zero-order valence-corrected chi connectivity index (χ0v) is 7.84. The quantitative estimate of drug-likeness (QED) is 0.544. The smallest absolute Gasteiger partial charge is 0.136 e. The maximum atomic E-state index is 11.4. The fourth-order valence-corrected chi connectivity index (χ4v) is 2.52. The van der Waals surface area contributed by atoms with Crippen LogP contribution in [-0.4, -0.2) is 5.78 Å². The fraction of sp³-hybridized carbons (Fsp3) is 0.727. The molecule has 0 unspecified atom stereocenters. The predicted octanol–water partition coefficient (Wildman–Crippen LogP) is 2.57. The number of Topliss-reactive ketones (excluding diaryl/α,β-unsaturated/α-hetero) is 1. The molecule has 0 N–H and O–H groups in total. The minimum Gasteiger partial charge on any atom is -0.299 e. The summed E-state index contributed by atoms with van der Waals surface area (Å²) in [5.74, 6) is 2.29. The molecular weight excluding hydrogens is 148 g/mol. The van der Waals surface area contributed by atoms with E-state index in [4.69, 9.17) is 0 Å². The van der Waals surface area contributed by atoms with Gasteiger partial charge >= 0.3 is 0 Å². The molecule has 0 bridgehead atoms. The summed E-state index contributed by atoms with van der Waals surface area (Å²) < 4.78 is 0. The van der Waals surface area contributed by atoms with Crippen LogP contribution in [-0.2, 0) is 4.79 Å². The molecule has 12 heavy (non-hydrogen) atoms. The van der Waals surface area contributed by atoms with E-state index in [0.717, 1.165) is 18.8 Å². The molecule has 2 saturated carbocycles. The van der Waals surface area contributed by atoms with E-state index in [2.05, 4.69) is 19.9 Å². The van der Waals surface area contributed by atoms with Gasteiger partial charge in [0.15, 0.2) is 0 Å². The van der Waals surface area contributed by atoms with Crippen molar-refractivity contribution in [2.24, 2.45) is 17.8 Å². The molecule has 1 nitrogen and oxygen atoms in total. The summed E-state index contributed by atoms with van der Waals surface area (Å²) in [6.45, 7) is 4.24. The molecule has 66 valence electrons. The highest BCUT2D eigenvalue weighted by molar-refractivity contribution is 5.85. The van der Waals surface area contributed by atoms with E-state index >= 15 is 0 Å². The van der Waals surface area contributed by atoms with Gasteiger partial charge in [0.25, 0.3) is 0 Å². The van der Waals surface area contributed by atoms with Crippen molar-refractivity contribution in [3.8, 4) is 0 Å². The lowest BCUT2D eigenvalue weighted by Gasteiger charge is -2.04. The van der Waals surface area contributed by atoms with Gasteiger partial charge in [-0.1, -0.05) is 11.6 Å². The van der Waals surface area contributed by atoms with Crippen molar-refractivity contribution in [1.82, 2.24) is 0 Å². The molecule has 0 radical (unpaired) electrons. The Morgan fingerprint density at radius 3 is 2.83 bits per heavy atom.